The summed E-state index contributed by atoms with van der Waals surface area (Å²) in [4.78, 5) is 4.82. The van der Waals surface area contributed by atoms with Gasteiger partial charge in [0.25, 0.3) is 0 Å². The fraction of sp³-hybridized carbons (Fsp3) is 0.412. The number of hydrogen-bond donors (Lipinski definition) is 1. The van der Waals surface area contributed by atoms with Gasteiger partial charge in [0.15, 0.2) is 0 Å². The summed E-state index contributed by atoms with van der Waals surface area (Å²) >= 11 is 0. The minimum atomic E-state index is 0.750. The van der Waals surface area contributed by atoms with Gasteiger partial charge >= 0.3 is 0 Å². The SMILES string of the molecule is CNCCc1nc2cc(C)ccc2n1Cc1c(C)noc1C. The monoisotopic (exact) mass is 298 g/mol. The lowest BCUT2D eigenvalue weighted by Gasteiger charge is -2.09. The van der Waals surface area contributed by atoms with Crippen LogP contribution >= 0.6 is 0 Å². The molecule has 3 rings (SSSR count). The van der Waals surface area contributed by atoms with E-state index in [4.69, 9.17) is 9.51 Å². The summed E-state index contributed by atoms with van der Waals surface area (Å²) in [6.07, 6.45) is 0.896. The van der Waals surface area contributed by atoms with Crippen LogP contribution in [-0.4, -0.2) is 28.3 Å². The topological polar surface area (TPSA) is 55.9 Å². The van der Waals surface area contributed by atoms with E-state index >= 15 is 0 Å². The summed E-state index contributed by atoms with van der Waals surface area (Å²) in [5.41, 5.74) is 5.54. The smallest absolute Gasteiger partial charge is 0.138 e. The number of likely N-dealkylation sites (N-methyl/N-ethyl adjacent to an activating group) is 1. The first-order valence-electron chi connectivity index (χ1n) is 7.62. The predicted octanol–water partition coefficient (Wildman–Crippen LogP) is 2.76. The molecule has 0 radical (unpaired) electrons. The minimum Gasteiger partial charge on any atom is -0.361 e. The van der Waals surface area contributed by atoms with Gasteiger partial charge in [-0.15, -0.1) is 0 Å². The van der Waals surface area contributed by atoms with Crippen LogP contribution in [-0.2, 0) is 13.0 Å². The Labute approximate surface area is 130 Å². The highest BCUT2D eigenvalue weighted by Crippen LogP contribution is 2.22. The van der Waals surface area contributed by atoms with Crippen molar-refractivity contribution in [3.63, 3.8) is 0 Å². The first kappa shape index (κ1) is 14.8. The van der Waals surface area contributed by atoms with Crippen LogP contribution in [0.15, 0.2) is 22.7 Å². The zero-order valence-corrected chi connectivity index (χ0v) is 13.6. The van der Waals surface area contributed by atoms with E-state index in [0.717, 1.165) is 53.4 Å². The summed E-state index contributed by atoms with van der Waals surface area (Å²) in [5.74, 6) is 1.97. The number of nitrogens with zero attached hydrogens (tertiary/aromatic N) is 3. The van der Waals surface area contributed by atoms with Crippen molar-refractivity contribution in [1.29, 1.82) is 0 Å². The fourth-order valence-corrected chi connectivity index (χ4v) is 2.78. The summed E-state index contributed by atoms with van der Waals surface area (Å²) in [5, 5.41) is 7.26. The Hall–Kier alpha value is -2.14. The van der Waals surface area contributed by atoms with Crippen LogP contribution in [0.5, 0.6) is 0 Å². The van der Waals surface area contributed by atoms with Crippen molar-refractivity contribution in [1.82, 2.24) is 20.0 Å². The van der Waals surface area contributed by atoms with Crippen LogP contribution < -0.4 is 5.32 Å². The molecule has 22 heavy (non-hydrogen) atoms. The Morgan fingerprint density at radius 1 is 1.23 bits per heavy atom. The van der Waals surface area contributed by atoms with Crippen LogP contribution in [0.3, 0.4) is 0 Å². The van der Waals surface area contributed by atoms with E-state index < -0.39 is 0 Å². The molecule has 5 nitrogen and oxygen atoms in total. The quantitative estimate of drug-likeness (QED) is 0.787. The highest BCUT2D eigenvalue weighted by atomic mass is 16.5. The van der Waals surface area contributed by atoms with Crippen molar-refractivity contribution in [2.45, 2.75) is 33.7 Å². The standard InChI is InChI=1S/C17H22N4O/c1-11-5-6-16-15(9-11)19-17(7-8-18-4)21(16)10-14-12(2)20-22-13(14)3/h5-6,9,18H,7-8,10H2,1-4H3. The van der Waals surface area contributed by atoms with Crippen molar-refractivity contribution >= 4 is 11.0 Å². The van der Waals surface area contributed by atoms with Crippen molar-refractivity contribution in [3.8, 4) is 0 Å². The number of fused-ring (bicyclic) bond motifs is 1. The number of benzene rings is 1. The molecule has 0 saturated carbocycles. The molecule has 1 aromatic carbocycles. The lowest BCUT2D eigenvalue weighted by atomic mass is 10.2. The van der Waals surface area contributed by atoms with Crippen LogP contribution in [0, 0.1) is 20.8 Å². The molecule has 0 fully saturated rings. The second-order valence-corrected chi connectivity index (χ2v) is 5.76. The van der Waals surface area contributed by atoms with Gasteiger partial charge in [0.2, 0.25) is 0 Å². The number of aromatic nitrogens is 3. The highest BCUT2D eigenvalue weighted by molar-refractivity contribution is 5.77. The van der Waals surface area contributed by atoms with Crippen LogP contribution in [0.25, 0.3) is 11.0 Å². The summed E-state index contributed by atoms with van der Waals surface area (Å²) in [6, 6.07) is 6.43. The van der Waals surface area contributed by atoms with Gasteiger partial charge in [-0.2, -0.15) is 0 Å². The van der Waals surface area contributed by atoms with Gasteiger partial charge in [-0.1, -0.05) is 11.2 Å². The molecule has 5 heteroatoms. The van der Waals surface area contributed by atoms with Crippen LogP contribution in [0.4, 0.5) is 0 Å². The van der Waals surface area contributed by atoms with Gasteiger partial charge in [-0.3, -0.25) is 0 Å². The molecule has 0 aliphatic carbocycles. The third-order valence-electron chi connectivity index (χ3n) is 4.08. The molecule has 1 N–H and O–H groups in total. The van der Waals surface area contributed by atoms with E-state index in [-0.39, 0.29) is 0 Å². The van der Waals surface area contributed by atoms with Crippen molar-refractivity contribution < 1.29 is 4.52 Å². The third-order valence-corrected chi connectivity index (χ3v) is 4.08. The Bertz CT molecular complexity index is 781. The molecule has 0 bridgehead atoms. The lowest BCUT2D eigenvalue weighted by molar-refractivity contribution is 0.392. The molecule has 0 spiro atoms. The maximum atomic E-state index is 5.30. The van der Waals surface area contributed by atoms with Gasteiger partial charge in [-0.25, -0.2) is 4.98 Å². The summed E-state index contributed by atoms with van der Waals surface area (Å²) in [6.45, 7) is 7.71. The second-order valence-electron chi connectivity index (χ2n) is 5.76. The van der Waals surface area contributed by atoms with Gasteiger partial charge in [0.1, 0.15) is 11.6 Å². The Kier molecular flexibility index (Phi) is 3.98. The maximum Gasteiger partial charge on any atom is 0.138 e. The van der Waals surface area contributed by atoms with Crippen molar-refractivity contribution in [2.75, 3.05) is 13.6 Å². The second kappa shape index (κ2) is 5.93. The predicted molar refractivity (Wildman–Crippen MR) is 87.2 cm³/mol. The molecule has 116 valence electrons. The third kappa shape index (κ3) is 2.64. The van der Waals surface area contributed by atoms with Gasteiger partial charge < -0.3 is 14.4 Å². The van der Waals surface area contributed by atoms with E-state index in [1.807, 2.05) is 20.9 Å². The molecule has 3 aromatic rings. The highest BCUT2D eigenvalue weighted by Gasteiger charge is 2.15. The first-order chi connectivity index (χ1) is 10.6. The van der Waals surface area contributed by atoms with Crippen LogP contribution in [0.1, 0.15) is 28.4 Å². The maximum absolute atomic E-state index is 5.30. The normalized spacial score (nSPS) is 11.5. The molecule has 0 aliphatic heterocycles. The molecule has 0 unspecified atom stereocenters. The van der Waals surface area contributed by atoms with Crippen molar-refractivity contribution in [3.05, 3.63) is 46.6 Å². The zero-order chi connectivity index (χ0) is 15.7. The average Bonchev–Trinajstić information content (AvgIpc) is 2.99. The number of hydrogen-bond acceptors (Lipinski definition) is 4. The van der Waals surface area contributed by atoms with E-state index in [1.165, 1.54) is 5.56 Å². The molecule has 0 saturated heterocycles. The van der Waals surface area contributed by atoms with Crippen molar-refractivity contribution in [2.24, 2.45) is 0 Å². The van der Waals surface area contributed by atoms with Gasteiger partial charge in [0, 0.05) is 18.5 Å². The molecule has 2 aromatic heterocycles. The average molecular weight is 298 g/mol. The first-order valence-corrected chi connectivity index (χ1v) is 7.62. The number of nitrogens with one attached hydrogen (secondary N) is 1. The number of aryl methyl sites for hydroxylation is 3. The van der Waals surface area contributed by atoms with E-state index in [9.17, 15) is 0 Å². The molecular formula is C17H22N4O. The number of imidazole rings is 1. The van der Waals surface area contributed by atoms with Gasteiger partial charge in [-0.05, 0) is 45.5 Å². The summed E-state index contributed by atoms with van der Waals surface area (Å²) in [7, 11) is 1.96. The Morgan fingerprint density at radius 3 is 2.73 bits per heavy atom. The molecule has 0 amide bonds. The van der Waals surface area contributed by atoms with Gasteiger partial charge in [0.05, 0.1) is 23.3 Å². The fourth-order valence-electron chi connectivity index (χ4n) is 2.78. The number of rotatable bonds is 5. The Balaban J connectivity index is 2.08. The zero-order valence-electron chi connectivity index (χ0n) is 13.6. The lowest BCUT2D eigenvalue weighted by Crippen LogP contribution is -2.15. The molecule has 0 aliphatic rings. The minimum absolute atomic E-state index is 0.750. The molecule has 2 heterocycles. The Morgan fingerprint density at radius 2 is 2.05 bits per heavy atom. The largest absolute Gasteiger partial charge is 0.361 e. The van der Waals surface area contributed by atoms with E-state index in [2.05, 4.69) is 40.2 Å². The summed E-state index contributed by atoms with van der Waals surface area (Å²) < 4.78 is 7.58. The molecular weight excluding hydrogens is 276 g/mol. The molecule has 0 atom stereocenters. The van der Waals surface area contributed by atoms with E-state index in [0.29, 0.717) is 0 Å². The van der Waals surface area contributed by atoms with E-state index in [1.54, 1.807) is 0 Å². The van der Waals surface area contributed by atoms with Crippen LogP contribution in [0.2, 0.25) is 0 Å².